The van der Waals surface area contributed by atoms with E-state index in [9.17, 15) is 4.79 Å². The zero-order chi connectivity index (χ0) is 17.8. The second kappa shape index (κ2) is 7.87. The van der Waals surface area contributed by atoms with Crippen LogP contribution >= 0.6 is 11.8 Å². The molecule has 132 valence electrons. The summed E-state index contributed by atoms with van der Waals surface area (Å²) < 4.78 is 2.10. The third-order valence-corrected chi connectivity index (χ3v) is 5.92. The van der Waals surface area contributed by atoms with Gasteiger partial charge in [-0.05, 0) is 30.5 Å². The van der Waals surface area contributed by atoms with E-state index in [1.165, 1.54) is 5.56 Å². The van der Waals surface area contributed by atoms with Gasteiger partial charge in [0.1, 0.15) is 11.6 Å². The first kappa shape index (κ1) is 17.0. The molecule has 26 heavy (non-hydrogen) atoms. The average molecular weight is 363 g/mol. The van der Waals surface area contributed by atoms with Crippen molar-refractivity contribution in [3.05, 3.63) is 72.1 Å². The van der Waals surface area contributed by atoms with Gasteiger partial charge in [-0.15, -0.1) is 10.2 Å². The van der Waals surface area contributed by atoms with Crippen LogP contribution in [0.1, 0.15) is 37.1 Å². The van der Waals surface area contributed by atoms with Crippen LogP contribution in [0.5, 0.6) is 0 Å². The minimum absolute atomic E-state index is 0.0000115. The van der Waals surface area contributed by atoms with Gasteiger partial charge >= 0.3 is 0 Å². The lowest BCUT2D eigenvalue weighted by atomic mass is 9.99. The molecule has 2 aromatic carbocycles. The van der Waals surface area contributed by atoms with Crippen LogP contribution in [0.3, 0.4) is 0 Å². The van der Waals surface area contributed by atoms with Crippen molar-refractivity contribution in [2.75, 3.05) is 0 Å². The molecule has 0 N–H and O–H groups in total. The van der Waals surface area contributed by atoms with E-state index in [4.69, 9.17) is 0 Å². The molecular formula is C21H21N3OS. The number of rotatable bonds is 5. The number of ketones is 1. The second-order valence-corrected chi connectivity index (χ2v) is 7.72. The molecule has 0 radical (unpaired) electrons. The molecule has 4 nitrogen and oxygen atoms in total. The van der Waals surface area contributed by atoms with Gasteiger partial charge in [-0.3, -0.25) is 9.36 Å². The first-order valence-corrected chi connectivity index (χ1v) is 9.92. The molecule has 1 aromatic heterocycles. The van der Waals surface area contributed by atoms with E-state index in [1.54, 1.807) is 11.8 Å². The highest BCUT2D eigenvalue weighted by Gasteiger charge is 2.26. The Labute approximate surface area is 157 Å². The Kier molecular flexibility index (Phi) is 5.16. The normalized spacial score (nSPS) is 17.4. The van der Waals surface area contributed by atoms with Gasteiger partial charge < -0.3 is 0 Å². The van der Waals surface area contributed by atoms with E-state index < -0.39 is 0 Å². The number of hydrogen-bond donors (Lipinski definition) is 0. The topological polar surface area (TPSA) is 47.8 Å². The highest BCUT2D eigenvalue weighted by molar-refractivity contribution is 8.00. The summed E-state index contributed by atoms with van der Waals surface area (Å²) in [5, 5.41) is 9.71. The Bertz CT molecular complexity index is 877. The number of hydrogen-bond acceptors (Lipinski definition) is 4. The van der Waals surface area contributed by atoms with Gasteiger partial charge in [0.05, 0.1) is 5.25 Å². The van der Waals surface area contributed by atoms with E-state index in [2.05, 4.69) is 39.0 Å². The third kappa shape index (κ3) is 3.73. The molecular weight excluding hydrogens is 342 g/mol. The molecule has 1 heterocycles. The number of carbonyl (C=O) groups excluding carboxylic acids is 1. The molecule has 0 spiro atoms. The van der Waals surface area contributed by atoms with E-state index in [0.717, 1.165) is 35.9 Å². The lowest BCUT2D eigenvalue weighted by molar-refractivity contribution is -0.119. The fourth-order valence-electron chi connectivity index (χ4n) is 3.31. The number of Topliss-reactive ketones (excluding diaryl/α,β-unsaturated/α-hetero) is 1. The largest absolute Gasteiger partial charge is 0.298 e. The van der Waals surface area contributed by atoms with Crippen molar-refractivity contribution in [3.63, 3.8) is 0 Å². The first-order chi connectivity index (χ1) is 12.8. The van der Waals surface area contributed by atoms with Crippen LogP contribution in [-0.4, -0.2) is 25.8 Å². The van der Waals surface area contributed by atoms with Crippen molar-refractivity contribution in [1.82, 2.24) is 14.8 Å². The van der Waals surface area contributed by atoms with E-state index in [-0.39, 0.29) is 5.25 Å². The molecule has 1 atom stereocenters. The molecule has 1 aliphatic carbocycles. The fourth-order valence-corrected chi connectivity index (χ4v) is 4.50. The monoisotopic (exact) mass is 363 g/mol. The Morgan fingerprint density at radius 2 is 1.69 bits per heavy atom. The molecule has 0 bridgehead atoms. The smallest absolute Gasteiger partial charge is 0.196 e. The zero-order valence-corrected chi connectivity index (χ0v) is 15.4. The Morgan fingerprint density at radius 3 is 2.42 bits per heavy atom. The molecule has 3 aromatic rings. The SMILES string of the molecule is O=C1CCCCC1Sc1nnc(Cc2ccccc2)n1-c1ccccc1. The van der Waals surface area contributed by atoms with Crippen LogP contribution < -0.4 is 0 Å². The number of carbonyl (C=O) groups is 1. The summed E-state index contributed by atoms with van der Waals surface area (Å²) in [5.41, 5.74) is 2.23. The number of thioether (sulfide) groups is 1. The Hall–Kier alpha value is -2.40. The summed E-state index contributed by atoms with van der Waals surface area (Å²) in [7, 11) is 0. The quantitative estimate of drug-likeness (QED) is 0.671. The molecule has 1 aliphatic rings. The van der Waals surface area contributed by atoms with Gasteiger partial charge in [0.25, 0.3) is 0 Å². The van der Waals surface area contributed by atoms with Crippen LogP contribution in [0.25, 0.3) is 5.69 Å². The Balaban J connectivity index is 1.68. The van der Waals surface area contributed by atoms with Crippen molar-refractivity contribution < 1.29 is 4.79 Å². The summed E-state index contributed by atoms with van der Waals surface area (Å²) in [6.45, 7) is 0. The summed E-state index contributed by atoms with van der Waals surface area (Å²) in [4.78, 5) is 12.3. The zero-order valence-electron chi connectivity index (χ0n) is 14.5. The second-order valence-electron chi connectivity index (χ2n) is 6.55. The predicted octanol–water partition coefficient (Wildman–Crippen LogP) is 4.46. The summed E-state index contributed by atoms with van der Waals surface area (Å²) >= 11 is 1.57. The number of nitrogens with zero attached hydrogens (tertiary/aromatic N) is 3. The van der Waals surface area contributed by atoms with Crippen LogP contribution in [0.2, 0.25) is 0 Å². The fraction of sp³-hybridized carbons (Fsp3) is 0.286. The lowest BCUT2D eigenvalue weighted by Crippen LogP contribution is -2.21. The molecule has 0 aliphatic heterocycles. The highest BCUT2D eigenvalue weighted by Crippen LogP contribution is 2.32. The minimum Gasteiger partial charge on any atom is -0.298 e. The standard InChI is InChI=1S/C21H21N3OS/c25-18-13-7-8-14-19(18)26-21-23-22-20(15-16-9-3-1-4-10-16)24(21)17-11-5-2-6-12-17/h1-6,9-12,19H,7-8,13-15H2. The van der Waals surface area contributed by atoms with Gasteiger partial charge in [0.2, 0.25) is 0 Å². The third-order valence-electron chi connectivity index (χ3n) is 4.67. The summed E-state index contributed by atoms with van der Waals surface area (Å²) in [6.07, 6.45) is 4.45. The molecule has 1 fully saturated rings. The average Bonchev–Trinajstić information content (AvgIpc) is 3.07. The van der Waals surface area contributed by atoms with Crippen LogP contribution in [0.4, 0.5) is 0 Å². The maximum absolute atomic E-state index is 12.3. The first-order valence-electron chi connectivity index (χ1n) is 9.04. The van der Waals surface area contributed by atoms with E-state index >= 15 is 0 Å². The summed E-state index contributed by atoms with van der Waals surface area (Å²) in [5.74, 6) is 1.24. The van der Waals surface area contributed by atoms with Crippen LogP contribution in [0, 0.1) is 0 Å². The number of benzene rings is 2. The van der Waals surface area contributed by atoms with E-state index in [1.807, 2.05) is 36.4 Å². The Morgan fingerprint density at radius 1 is 0.962 bits per heavy atom. The number of para-hydroxylation sites is 1. The molecule has 4 rings (SSSR count). The van der Waals surface area contributed by atoms with Crippen molar-refractivity contribution >= 4 is 17.5 Å². The van der Waals surface area contributed by atoms with Crippen molar-refractivity contribution in [2.24, 2.45) is 0 Å². The van der Waals surface area contributed by atoms with Crippen molar-refractivity contribution in [1.29, 1.82) is 0 Å². The molecule has 0 saturated heterocycles. The minimum atomic E-state index is -0.0000115. The van der Waals surface area contributed by atoms with E-state index in [0.29, 0.717) is 18.6 Å². The van der Waals surface area contributed by atoms with Crippen molar-refractivity contribution in [2.45, 2.75) is 42.5 Å². The summed E-state index contributed by atoms with van der Waals surface area (Å²) in [6, 6.07) is 20.4. The van der Waals surface area contributed by atoms with Gasteiger partial charge in [-0.1, -0.05) is 66.7 Å². The number of aromatic nitrogens is 3. The van der Waals surface area contributed by atoms with Gasteiger partial charge in [0.15, 0.2) is 5.16 Å². The van der Waals surface area contributed by atoms with Crippen LogP contribution in [0.15, 0.2) is 65.8 Å². The van der Waals surface area contributed by atoms with Gasteiger partial charge in [0, 0.05) is 18.5 Å². The molecule has 5 heteroatoms. The molecule has 1 unspecified atom stereocenters. The lowest BCUT2D eigenvalue weighted by Gasteiger charge is -2.19. The highest BCUT2D eigenvalue weighted by atomic mass is 32.2. The molecule has 0 amide bonds. The maximum Gasteiger partial charge on any atom is 0.196 e. The predicted molar refractivity (Wildman–Crippen MR) is 104 cm³/mol. The maximum atomic E-state index is 12.3. The van der Waals surface area contributed by atoms with Crippen molar-refractivity contribution in [3.8, 4) is 5.69 Å². The van der Waals surface area contributed by atoms with Crippen LogP contribution in [-0.2, 0) is 11.2 Å². The molecule has 1 saturated carbocycles. The van der Waals surface area contributed by atoms with Gasteiger partial charge in [-0.25, -0.2) is 0 Å². The van der Waals surface area contributed by atoms with Gasteiger partial charge in [-0.2, -0.15) is 0 Å².